The minimum atomic E-state index is -0.828. The highest BCUT2D eigenvalue weighted by molar-refractivity contribution is 6.37. The average molecular weight is 221 g/mol. The summed E-state index contributed by atoms with van der Waals surface area (Å²) >= 11 is 0. The van der Waals surface area contributed by atoms with E-state index in [-0.39, 0.29) is 6.61 Å². The Morgan fingerprint density at radius 3 is 2.31 bits per heavy atom. The highest BCUT2D eigenvalue weighted by atomic mass is 16.5. The molecule has 1 rings (SSSR count). The van der Waals surface area contributed by atoms with E-state index in [0.717, 1.165) is 5.56 Å². The maximum absolute atomic E-state index is 11.6. The summed E-state index contributed by atoms with van der Waals surface area (Å²) in [6.45, 7) is 3.82. The summed E-state index contributed by atoms with van der Waals surface area (Å²) < 4.78 is 4.64. The summed E-state index contributed by atoms with van der Waals surface area (Å²) in [7, 11) is 1.55. The van der Waals surface area contributed by atoms with Gasteiger partial charge in [-0.15, -0.1) is 0 Å². The first-order valence-corrected chi connectivity index (χ1v) is 5.07. The molecule has 0 saturated heterocycles. The molecule has 4 heteroatoms. The number of nitrogens with zero attached hydrogens (tertiary/aromatic N) is 1. The van der Waals surface area contributed by atoms with Gasteiger partial charge in [-0.3, -0.25) is 4.79 Å². The first kappa shape index (κ1) is 12.2. The van der Waals surface area contributed by atoms with E-state index in [9.17, 15) is 9.59 Å². The number of esters is 1. The number of anilines is 1. The van der Waals surface area contributed by atoms with Gasteiger partial charge in [0.15, 0.2) is 0 Å². The molecule has 0 aliphatic rings. The second-order valence-corrected chi connectivity index (χ2v) is 3.42. The molecule has 4 nitrogen and oxygen atoms in total. The van der Waals surface area contributed by atoms with Gasteiger partial charge in [0.25, 0.3) is 0 Å². The molecule has 0 aliphatic carbocycles. The first-order valence-electron chi connectivity index (χ1n) is 5.07. The molecule has 86 valence electrons. The smallest absolute Gasteiger partial charge is 0.397 e. The van der Waals surface area contributed by atoms with Crippen LogP contribution in [0, 0.1) is 6.92 Å². The van der Waals surface area contributed by atoms with Gasteiger partial charge in [-0.25, -0.2) is 4.79 Å². The van der Waals surface area contributed by atoms with Gasteiger partial charge in [0.1, 0.15) is 0 Å². The minimum absolute atomic E-state index is 0.201. The van der Waals surface area contributed by atoms with Crippen LogP contribution in [0.4, 0.5) is 5.69 Å². The monoisotopic (exact) mass is 221 g/mol. The van der Waals surface area contributed by atoms with Crippen LogP contribution in [0.5, 0.6) is 0 Å². The standard InChI is InChI=1S/C12H15NO3/c1-4-16-12(15)11(14)13(3)10-7-5-9(2)6-8-10/h5-8H,4H2,1-3H3. The number of carbonyl (C=O) groups is 2. The van der Waals surface area contributed by atoms with Gasteiger partial charge in [-0.2, -0.15) is 0 Å². The van der Waals surface area contributed by atoms with E-state index in [1.165, 1.54) is 4.90 Å². The van der Waals surface area contributed by atoms with Gasteiger partial charge < -0.3 is 9.64 Å². The average Bonchev–Trinajstić information content (AvgIpc) is 2.28. The second kappa shape index (κ2) is 5.30. The zero-order valence-corrected chi connectivity index (χ0v) is 9.69. The van der Waals surface area contributed by atoms with Crippen molar-refractivity contribution in [3.05, 3.63) is 29.8 Å². The van der Waals surface area contributed by atoms with Gasteiger partial charge in [-0.1, -0.05) is 17.7 Å². The summed E-state index contributed by atoms with van der Waals surface area (Å²) in [6.07, 6.45) is 0. The molecule has 1 amide bonds. The van der Waals surface area contributed by atoms with Crippen LogP contribution in [0.1, 0.15) is 12.5 Å². The molecule has 0 fully saturated rings. The molecule has 16 heavy (non-hydrogen) atoms. The van der Waals surface area contributed by atoms with Crippen LogP contribution in [0.25, 0.3) is 0 Å². The number of hydrogen-bond donors (Lipinski definition) is 0. The quantitative estimate of drug-likeness (QED) is 0.562. The normalized spacial score (nSPS) is 9.69. The van der Waals surface area contributed by atoms with E-state index in [1.54, 1.807) is 26.1 Å². The molecule has 0 aromatic heterocycles. The Balaban J connectivity index is 2.77. The van der Waals surface area contributed by atoms with E-state index in [4.69, 9.17) is 0 Å². The molecule has 0 aliphatic heterocycles. The molecule has 0 heterocycles. The molecule has 0 saturated carbocycles. The number of hydrogen-bond acceptors (Lipinski definition) is 3. The third kappa shape index (κ3) is 2.82. The Hall–Kier alpha value is -1.84. The highest BCUT2D eigenvalue weighted by Crippen LogP contribution is 2.13. The predicted molar refractivity (Wildman–Crippen MR) is 61.2 cm³/mol. The third-order valence-corrected chi connectivity index (χ3v) is 2.18. The topological polar surface area (TPSA) is 46.6 Å². The van der Waals surface area contributed by atoms with Crippen LogP contribution in [-0.4, -0.2) is 25.5 Å². The SMILES string of the molecule is CCOC(=O)C(=O)N(C)c1ccc(C)cc1. The maximum atomic E-state index is 11.6. The van der Waals surface area contributed by atoms with Crippen LogP contribution in [-0.2, 0) is 14.3 Å². The molecule has 0 radical (unpaired) electrons. The predicted octanol–water partition coefficient (Wildman–Crippen LogP) is 1.52. The number of likely N-dealkylation sites (N-methyl/N-ethyl adjacent to an activating group) is 1. The van der Waals surface area contributed by atoms with E-state index >= 15 is 0 Å². The molecule has 1 aromatic carbocycles. The van der Waals surface area contributed by atoms with Gasteiger partial charge in [0.2, 0.25) is 0 Å². The van der Waals surface area contributed by atoms with Crippen molar-refractivity contribution >= 4 is 17.6 Å². The Morgan fingerprint density at radius 1 is 1.25 bits per heavy atom. The van der Waals surface area contributed by atoms with E-state index in [0.29, 0.717) is 5.69 Å². The fourth-order valence-electron chi connectivity index (χ4n) is 1.22. The Labute approximate surface area is 94.8 Å². The molecular weight excluding hydrogens is 206 g/mol. The summed E-state index contributed by atoms with van der Waals surface area (Å²) in [5.41, 5.74) is 1.77. The van der Waals surface area contributed by atoms with Crippen molar-refractivity contribution in [2.24, 2.45) is 0 Å². The lowest BCUT2D eigenvalue weighted by Gasteiger charge is -2.16. The number of amides is 1. The maximum Gasteiger partial charge on any atom is 0.397 e. The molecular formula is C12H15NO3. The first-order chi connectivity index (χ1) is 7.56. The van der Waals surface area contributed by atoms with Crippen molar-refractivity contribution in [3.63, 3.8) is 0 Å². The summed E-state index contributed by atoms with van der Waals surface area (Å²) in [5.74, 6) is -1.49. The van der Waals surface area contributed by atoms with Crippen molar-refractivity contribution in [2.45, 2.75) is 13.8 Å². The van der Waals surface area contributed by atoms with Crippen molar-refractivity contribution < 1.29 is 14.3 Å². The fraction of sp³-hybridized carbons (Fsp3) is 0.333. The van der Waals surface area contributed by atoms with E-state index in [1.807, 2.05) is 19.1 Å². The molecule has 0 bridgehead atoms. The molecule has 0 spiro atoms. The van der Waals surface area contributed by atoms with Gasteiger partial charge in [-0.05, 0) is 26.0 Å². The molecule has 0 atom stereocenters. The number of benzene rings is 1. The van der Waals surface area contributed by atoms with Crippen molar-refractivity contribution in [2.75, 3.05) is 18.6 Å². The molecule has 0 N–H and O–H groups in total. The number of rotatable bonds is 2. The number of aryl methyl sites for hydroxylation is 1. The van der Waals surface area contributed by atoms with Crippen molar-refractivity contribution in [1.29, 1.82) is 0 Å². The van der Waals surface area contributed by atoms with Gasteiger partial charge in [0.05, 0.1) is 6.61 Å². The van der Waals surface area contributed by atoms with Crippen molar-refractivity contribution in [3.8, 4) is 0 Å². The number of ether oxygens (including phenoxy) is 1. The lowest BCUT2D eigenvalue weighted by Crippen LogP contribution is -2.34. The molecule has 1 aromatic rings. The fourth-order valence-corrected chi connectivity index (χ4v) is 1.22. The van der Waals surface area contributed by atoms with Crippen LogP contribution in [0.2, 0.25) is 0 Å². The zero-order valence-electron chi connectivity index (χ0n) is 9.69. The Kier molecular flexibility index (Phi) is 4.05. The Bertz CT molecular complexity index is 384. The van der Waals surface area contributed by atoms with E-state index in [2.05, 4.69) is 4.74 Å². The van der Waals surface area contributed by atoms with Crippen LogP contribution in [0.15, 0.2) is 24.3 Å². The van der Waals surface area contributed by atoms with Gasteiger partial charge in [0, 0.05) is 12.7 Å². The zero-order chi connectivity index (χ0) is 12.1. The van der Waals surface area contributed by atoms with E-state index < -0.39 is 11.9 Å². The van der Waals surface area contributed by atoms with Crippen molar-refractivity contribution in [1.82, 2.24) is 0 Å². The largest absolute Gasteiger partial charge is 0.459 e. The van der Waals surface area contributed by atoms with Crippen LogP contribution >= 0.6 is 0 Å². The lowest BCUT2D eigenvalue weighted by molar-refractivity contribution is -0.153. The minimum Gasteiger partial charge on any atom is -0.459 e. The van der Waals surface area contributed by atoms with Gasteiger partial charge >= 0.3 is 11.9 Å². The second-order valence-electron chi connectivity index (χ2n) is 3.42. The van der Waals surface area contributed by atoms with Crippen LogP contribution < -0.4 is 4.90 Å². The summed E-state index contributed by atoms with van der Waals surface area (Å²) in [4.78, 5) is 24.1. The Morgan fingerprint density at radius 2 is 1.81 bits per heavy atom. The van der Waals surface area contributed by atoms with Crippen LogP contribution in [0.3, 0.4) is 0 Å². The summed E-state index contributed by atoms with van der Waals surface area (Å²) in [5, 5.41) is 0. The third-order valence-electron chi connectivity index (χ3n) is 2.18. The number of carbonyl (C=O) groups excluding carboxylic acids is 2. The highest BCUT2D eigenvalue weighted by Gasteiger charge is 2.20. The molecule has 0 unspecified atom stereocenters. The lowest BCUT2D eigenvalue weighted by atomic mass is 10.2. The summed E-state index contributed by atoms with van der Waals surface area (Å²) in [6, 6.07) is 7.33.